The normalized spacial score (nSPS) is 11.6. The number of benzene rings is 1. The summed E-state index contributed by atoms with van der Waals surface area (Å²) in [6, 6.07) is 4.02. The summed E-state index contributed by atoms with van der Waals surface area (Å²) < 4.78 is 0. The fourth-order valence-electron chi connectivity index (χ4n) is 1.55. The van der Waals surface area contributed by atoms with Crippen LogP contribution in [0.5, 0.6) is 0 Å². The molecule has 0 aliphatic heterocycles. The van der Waals surface area contributed by atoms with Crippen molar-refractivity contribution >= 4 is 17.3 Å². The summed E-state index contributed by atoms with van der Waals surface area (Å²) in [5.74, 6) is -1.32. The van der Waals surface area contributed by atoms with E-state index in [1.807, 2.05) is 6.92 Å². The highest BCUT2D eigenvalue weighted by molar-refractivity contribution is 5.93. The largest absolute Gasteiger partial charge is 0.477 e. The zero-order chi connectivity index (χ0) is 13.7. The molecule has 0 aliphatic carbocycles. The fourth-order valence-corrected chi connectivity index (χ4v) is 1.55. The number of nitrogens with zero attached hydrogens (tertiary/aromatic N) is 1. The van der Waals surface area contributed by atoms with Gasteiger partial charge < -0.3 is 10.4 Å². The molecule has 0 aromatic heterocycles. The molecule has 6 heteroatoms. The van der Waals surface area contributed by atoms with E-state index in [1.54, 1.807) is 6.08 Å². The summed E-state index contributed by atoms with van der Waals surface area (Å²) in [6.45, 7) is 5.51. The van der Waals surface area contributed by atoms with Crippen molar-refractivity contribution in [1.82, 2.24) is 0 Å². The highest BCUT2D eigenvalue weighted by Gasteiger charge is 2.20. The predicted molar refractivity (Wildman–Crippen MR) is 68.0 cm³/mol. The lowest BCUT2D eigenvalue weighted by Crippen LogP contribution is -2.14. The first kappa shape index (κ1) is 13.7. The predicted octanol–water partition coefficient (Wildman–Crippen LogP) is 2.67. The van der Waals surface area contributed by atoms with Gasteiger partial charge in [-0.1, -0.05) is 6.08 Å². The van der Waals surface area contributed by atoms with Crippen molar-refractivity contribution in [1.29, 1.82) is 0 Å². The number of nitro benzene ring substituents is 1. The Hall–Kier alpha value is -2.37. The van der Waals surface area contributed by atoms with E-state index >= 15 is 0 Å². The maximum absolute atomic E-state index is 10.9. The van der Waals surface area contributed by atoms with Gasteiger partial charge in [-0.15, -0.1) is 6.58 Å². The van der Waals surface area contributed by atoms with Crippen molar-refractivity contribution in [2.45, 2.75) is 19.4 Å². The van der Waals surface area contributed by atoms with E-state index < -0.39 is 16.6 Å². The molecule has 1 rings (SSSR count). The van der Waals surface area contributed by atoms with Gasteiger partial charge in [0.05, 0.1) is 4.92 Å². The number of carboxylic acids is 1. The maximum atomic E-state index is 10.9. The lowest BCUT2D eigenvalue weighted by Gasteiger charge is -2.13. The number of hydrogen-bond acceptors (Lipinski definition) is 4. The molecule has 0 saturated carbocycles. The standard InChI is InChI=1S/C12H14N2O4/c1-3-4-8(2)13-9-5-6-11(14(17)18)10(7-9)12(15)16/h3,5-8,13H,1,4H2,2H3,(H,15,16). The minimum atomic E-state index is -1.32. The Bertz CT molecular complexity index is 485. The third-order valence-electron chi connectivity index (χ3n) is 2.36. The van der Waals surface area contributed by atoms with E-state index in [-0.39, 0.29) is 11.6 Å². The van der Waals surface area contributed by atoms with Gasteiger partial charge in [0.2, 0.25) is 0 Å². The average molecular weight is 250 g/mol. The molecule has 0 fully saturated rings. The molecule has 0 heterocycles. The summed E-state index contributed by atoms with van der Waals surface area (Å²) in [5.41, 5.74) is -0.201. The SMILES string of the molecule is C=CCC(C)Nc1ccc([N+](=O)[O-])c(C(=O)O)c1. The number of carboxylic acid groups (broad SMARTS) is 1. The van der Waals surface area contributed by atoms with Crippen molar-refractivity contribution in [3.63, 3.8) is 0 Å². The van der Waals surface area contributed by atoms with Gasteiger partial charge in [0.25, 0.3) is 5.69 Å². The van der Waals surface area contributed by atoms with Gasteiger partial charge in [0, 0.05) is 17.8 Å². The molecule has 1 aromatic carbocycles. The molecule has 6 nitrogen and oxygen atoms in total. The second-order valence-electron chi connectivity index (χ2n) is 3.86. The lowest BCUT2D eigenvalue weighted by molar-refractivity contribution is -0.385. The zero-order valence-corrected chi connectivity index (χ0v) is 9.92. The van der Waals surface area contributed by atoms with Gasteiger partial charge in [-0.25, -0.2) is 4.79 Å². The summed E-state index contributed by atoms with van der Waals surface area (Å²) >= 11 is 0. The van der Waals surface area contributed by atoms with Crippen LogP contribution in [0.4, 0.5) is 11.4 Å². The minimum absolute atomic E-state index is 0.0746. The van der Waals surface area contributed by atoms with Crippen LogP contribution in [-0.4, -0.2) is 22.0 Å². The van der Waals surface area contributed by atoms with Crippen LogP contribution in [0, 0.1) is 10.1 Å². The Kier molecular flexibility index (Phi) is 4.42. The van der Waals surface area contributed by atoms with E-state index in [4.69, 9.17) is 5.11 Å². The van der Waals surface area contributed by atoms with Gasteiger partial charge in [-0.05, 0) is 25.5 Å². The van der Waals surface area contributed by atoms with Gasteiger partial charge >= 0.3 is 5.97 Å². The number of nitrogens with one attached hydrogen (secondary N) is 1. The van der Waals surface area contributed by atoms with Gasteiger partial charge in [0.15, 0.2) is 0 Å². The van der Waals surface area contributed by atoms with E-state index in [2.05, 4.69) is 11.9 Å². The number of anilines is 1. The van der Waals surface area contributed by atoms with E-state index in [0.717, 1.165) is 0 Å². The molecule has 2 N–H and O–H groups in total. The fraction of sp³-hybridized carbons (Fsp3) is 0.250. The number of nitro groups is 1. The molecule has 1 unspecified atom stereocenters. The first-order chi connectivity index (χ1) is 8.45. The van der Waals surface area contributed by atoms with Crippen molar-refractivity contribution in [2.24, 2.45) is 0 Å². The Morgan fingerprint density at radius 2 is 2.33 bits per heavy atom. The Balaban J connectivity index is 3.03. The molecular formula is C12H14N2O4. The zero-order valence-electron chi connectivity index (χ0n) is 9.92. The minimum Gasteiger partial charge on any atom is -0.477 e. The van der Waals surface area contributed by atoms with Crippen LogP contribution < -0.4 is 5.32 Å². The average Bonchev–Trinajstić information content (AvgIpc) is 2.28. The summed E-state index contributed by atoms with van der Waals surface area (Å²) in [4.78, 5) is 20.9. The monoisotopic (exact) mass is 250 g/mol. The number of aromatic carboxylic acids is 1. The van der Waals surface area contributed by atoms with Gasteiger partial charge in [0.1, 0.15) is 5.56 Å². The van der Waals surface area contributed by atoms with Crippen LogP contribution in [-0.2, 0) is 0 Å². The third-order valence-corrected chi connectivity index (χ3v) is 2.36. The van der Waals surface area contributed by atoms with Crippen molar-refractivity contribution < 1.29 is 14.8 Å². The molecule has 0 aliphatic rings. The van der Waals surface area contributed by atoms with Gasteiger partial charge in [-0.3, -0.25) is 10.1 Å². The van der Waals surface area contributed by atoms with Crippen LogP contribution in [0.3, 0.4) is 0 Å². The number of rotatable bonds is 6. The van der Waals surface area contributed by atoms with E-state index in [1.165, 1.54) is 18.2 Å². The summed E-state index contributed by atoms with van der Waals surface area (Å²) in [7, 11) is 0. The van der Waals surface area contributed by atoms with Crippen molar-refractivity contribution in [2.75, 3.05) is 5.32 Å². The highest BCUT2D eigenvalue weighted by Crippen LogP contribution is 2.23. The molecular weight excluding hydrogens is 236 g/mol. The first-order valence-corrected chi connectivity index (χ1v) is 5.35. The van der Waals surface area contributed by atoms with Crippen LogP contribution in [0.15, 0.2) is 30.9 Å². The molecule has 18 heavy (non-hydrogen) atoms. The highest BCUT2D eigenvalue weighted by atomic mass is 16.6. The van der Waals surface area contributed by atoms with Crippen LogP contribution in [0.25, 0.3) is 0 Å². The second kappa shape index (κ2) is 5.81. The Labute approximate surface area is 104 Å². The van der Waals surface area contributed by atoms with E-state index in [0.29, 0.717) is 12.1 Å². The van der Waals surface area contributed by atoms with Crippen molar-refractivity contribution in [3.8, 4) is 0 Å². The molecule has 0 amide bonds. The van der Waals surface area contributed by atoms with Crippen LogP contribution in [0.2, 0.25) is 0 Å². The Morgan fingerprint density at radius 1 is 1.67 bits per heavy atom. The number of hydrogen-bond donors (Lipinski definition) is 2. The maximum Gasteiger partial charge on any atom is 0.342 e. The van der Waals surface area contributed by atoms with E-state index in [9.17, 15) is 14.9 Å². The number of carbonyl (C=O) groups is 1. The topological polar surface area (TPSA) is 92.5 Å². The van der Waals surface area contributed by atoms with Crippen LogP contribution >= 0.6 is 0 Å². The molecule has 0 saturated heterocycles. The molecule has 1 atom stereocenters. The second-order valence-corrected chi connectivity index (χ2v) is 3.86. The smallest absolute Gasteiger partial charge is 0.342 e. The molecule has 0 spiro atoms. The summed E-state index contributed by atoms with van der Waals surface area (Å²) in [6.07, 6.45) is 2.44. The molecule has 1 aromatic rings. The van der Waals surface area contributed by atoms with Crippen LogP contribution in [0.1, 0.15) is 23.7 Å². The van der Waals surface area contributed by atoms with Gasteiger partial charge in [-0.2, -0.15) is 0 Å². The molecule has 0 bridgehead atoms. The van der Waals surface area contributed by atoms with Crippen molar-refractivity contribution in [3.05, 3.63) is 46.5 Å². The first-order valence-electron chi connectivity index (χ1n) is 5.35. The molecule has 0 radical (unpaired) electrons. The molecule has 96 valence electrons. The summed E-state index contributed by atoms with van der Waals surface area (Å²) in [5, 5.41) is 22.6. The third kappa shape index (κ3) is 3.31. The lowest BCUT2D eigenvalue weighted by atomic mass is 10.1. The Morgan fingerprint density at radius 3 is 2.83 bits per heavy atom. The quantitative estimate of drug-likeness (QED) is 0.460.